The van der Waals surface area contributed by atoms with E-state index in [4.69, 9.17) is 4.74 Å². The molecule has 2 nitrogen and oxygen atoms in total. The maximum atomic E-state index is 12.2. The molecule has 0 aliphatic carbocycles. The molecule has 0 aliphatic heterocycles. The average Bonchev–Trinajstić information content (AvgIpc) is 2.62. The third-order valence-electron chi connectivity index (χ3n) is 3.91. The van der Waals surface area contributed by atoms with Crippen LogP contribution in [-0.2, 0) is 0 Å². The van der Waals surface area contributed by atoms with Gasteiger partial charge in [-0.15, -0.1) is 0 Å². The molecule has 0 aliphatic rings. The molecule has 0 aromatic heterocycles. The maximum absolute atomic E-state index is 12.2. The first kappa shape index (κ1) is 16.7. The summed E-state index contributed by atoms with van der Waals surface area (Å²) in [6.45, 7) is 3.59. The summed E-state index contributed by atoms with van der Waals surface area (Å²) in [6.07, 6.45) is 3.95. The molecule has 3 aromatic rings. The molecule has 0 fully saturated rings. The summed E-state index contributed by atoms with van der Waals surface area (Å²) in [5.41, 5.74) is 3.69. The van der Waals surface area contributed by atoms with Crippen molar-refractivity contribution >= 4 is 17.9 Å². The molecule has 0 heterocycles. The number of benzene rings is 3. The SMILES string of the molecule is CC(=O)c1c(/C=C/c2ccccc2)cccc1Oc1ccc(C)cc1. The van der Waals surface area contributed by atoms with Gasteiger partial charge < -0.3 is 4.74 Å². The standard InChI is InChI=1S/C23H20O2/c1-17-11-15-21(16-12-17)25-22-10-6-9-20(23(22)18(2)24)14-13-19-7-4-3-5-8-19/h3-16H,1-2H3/b14-13+. The van der Waals surface area contributed by atoms with Crippen LogP contribution in [0.15, 0.2) is 72.8 Å². The highest BCUT2D eigenvalue weighted by Gasteiger charge is 2.13. The van der Waals surface area contributed by atoms with Crippen LogP contribution in [0.3, 0.4) is 0 Å². The van der Waals surface area contributed by atoms with E-state index >= 15 is 0 Å². The molecule has 124 valence electrons. The Balaban J connectivity index is 1.95. The average molecular weight is 328 g/mol. The number of rotatable bonds is 5. The van der Waals surface area contributed by atoms with Crippen LogP contribution in [0.5, 0.6) is 11.5 Å². The first-order chi connectivity index (χ1) is 12.1. The topological polar surface area (TPSA) is 26.3 Å². The molecule has 2 heteroatoms. The largest absolute Gasteiger partial charge is 0.457 e. The molecule has 0 radical (unpaired) electrons. The van der Waals surface area contributed by atoms with Gasteiger partial charge in [0.05, 0.1) is 5.56 Å². The Morgan fingerprint density at radius 3 is 2.24 bits per heavy atom. The fourth-order valence-electron chi connectivity index (χ4n) is 2.63. The van der Waals surface area contributed by atoms with E-state index in [0.717, 1.165) is 16.9 Å². The minimum Gasteiger partial charge on any atom is -0.457 e. The van der Waals surface area contributed by atoms with E-state index in [0.29, 0.717) is 11.3 Å². The van der Waals surface area contributed by atoms with Gasteiger partial charge in [0.15, 0.2) is 5.78 Å². The molecule has 0 saturated heterocycles. The number of aryl methyl sites for hydroxylation is 1. The van der Waals surface area contributed by atoms with Crippen LogP contribution >= 0.6 is 0 Å². The Hall–Kier alpha value is -3.13. The van der Waals surface area contributed by atoms with Gasteiger partial charge in [-0.05, 0) is 43.2 Å². The van der Waals surface area contributed by atoms with Crippen LogP contribution in [0.25, 0.3) is 12.2 Å². The summed E-state index contributed by atoms with van der Waals surface area (Å²) in [6, 6.07) is 23.5. The van der Waals surface area contributed by atoms with Gasteiger partial charge in [0.2, 0.25) is 0 Å². The Morgan fingerprint density at radius 2 is 1.56 bits per heavy atom. The zero-order valence-corrected chi connectivity index (χ0v) is 14.4. The Bertz CT molecular complexity index is 891. The normalized spacial score (nSPS) is 10.8. The number of carbonyl (C=O) groups excluding carboxylic acids is 1. The summed E-state index contributed by atoms with van der Waals surface area (Å²) < 4.78 is 5.96. The number of hydrogen-bond donors (Lipinski definition) is 0. The molecule has 0 spiro atoms. The molecule has 25 heavy (non-hydrogen) atoms. The summed E-state index contributed by atoms with van der Waals surface area (Å²) >= 11 is 0. The van der Waals surface area contributed by atoms with Crippen molar-refractivity contribution in [2.24, 2.45) is 0 Å². The van der Waals surface area contributed by atoms with Crippen LogP contribution < -0.4 is 4.74 Å². The highest BCUT2D eigenvalue weighted by Crippen LogP contribution is 2.29. The van der Waals surface area contributed by atoms with E-state index in [-0.39, 0.29) is 5.78 Å². The molecule has 0 N–H and O–H groups in total. The lowest BCUT2D eigenvalue weighted by atomic mass is 10.0. The molecular weight excluding hydrogens is 308 g/mol. The van der Waals surface area contributed by atoms with Crippen LogP contribution in [0.1, 0.15) is 34.0 Å². The molecule has 0 bridgehead atoms. The predicted molar refractivity (Wildman–Crippen MR) is 103 cm³/mol. The monoisotopic (exact) mass is 328 g/mol. The third kappa shape index (κ3) is 4.24. The Morgan fingerprint density at radius 1 is 0.840 bits per heavy atom. The summed E-state index contributed by atoms with van der Waals surface area (Å²) in [7, 11) is 0. The molecule has 0 amide bonds. The summed E-state index contributed by atoms with van der Waals surface area (Å²) in [4.78, 5) is 12.2. The minimum atomic E-state index is -0.0181. The predicted octanol–water partition coefficient (Wildman–Crippen LogP) is 6.16. The van der Waals surface area contributed by atoms with Gasteiger partial charge in [0.25, 0.3) is 0 Å². The van der Waals surface area contributed by atoms with Crippen LogP contribution in [-0.4, -0.2) is 5.78 Å². The van der Waals surface area contributed by atoms with Crippen LogP contribution in [0.4, 0.5) is 0 Å². The quantitative estimate of drug-likeness (QED) is 0.414. The Labute approximate surface area is 148 Å². The summed E-state index contributed by atoms with van der Waals surface area (Å²) in [5, 5.41) is 0. The van der Waals surface area contributed by atoms with E-state index in [1.54, 1.807) is 6.92 Å². The van der Waals surface area contributed by atoms with E-state index < -0.39 is 0 Å². The van der Waals surface area contributed by atoms with Crippen molar-refractivity contribution in [3.05, 3.63) is 95.1 Å². The van der Waals surface area contributed by atoms with Gasteiger partial charge in [-0.3, -0.25) is 4.79 Å². The highest BCUT2D eigenvalue weighted by molar-refractivity contribution is 6.01. The van der Waals surface area contributed by atoms with Crippen LogP contribution in [0.2, 0.25) is 0 Å². The van der Waals surface area contributed by atoms with Gasteiger partial charge in [-0.25, -0.2) is 0 Å². The highest BCUT2D eigenvalue weighted by atomic mass is 16.5. The van der Waals surface area contributed by atoms with Gasteiger partial charge in [-0.1, -0.05) is 72.3 Å². The fourth-order valence-corrected chi connectivity index (χ4v) is 2.63. The summed E-state index contributed by atoms with van der Waals surface area (Å²) in [5.74, 6) is 1.28. The van der Waals surface area contributed by atoms with Gasteiger partial charge in [-0.2, -0.15) is 0 Å². The number of ether oxygens (including phenoxy) is 1. The molecule has 0 saturated carbocycles. The molecule has 3 rings (SSSR count). The van der Waals surface area contributed by atoms with Gasteiger partial charge >= 0.3 is 0 Å². The lowest BCUT2D eigenvalue weighted by Gasteiger charge is -2.12. The molecule has 0 unspecified atom stereocenters. The maximum Gasteiger partial charge on any atom is 0.164 e. The van der Waals surface area contributed by atoms with E-state index in [1.807, 2.05) is 91.9 Å². The zero-order chi connectivity index (χ0) is 17.6. The van der Waals surface area contributed by atoms with Crippen molar-refractivity contribution in [2.75, 3.05) is 0 Å². The second-order valence-electron chi connectivity index (χ2n) is 5.94. The van der Waals surface area contributed by atoms with Crippen molar-refractivity contribution < 1.29 is 9.53 Å². The van der Waals surface area contributed by atoms with E-state index in [2.05, 4.69) is 0 Å². The molecule has 0 atom stereocenters. The zero-order valence-electron chi connectivity index (χ0n) is 14.4. The number of Topliss-reactive ketones (excluding diaryl/α,β-unsaturated/α-hetero) is 1. The molecular formula is C23H20O2. The second kappa shape index (κ2) is 7.63. The van der Waals surface area contributed by atoms with Gasteiger partial charge in [0, 0.05) is 0 Å². The number of ketones is 1. The van der Waals surface area contributed by atoms with Crippen molar-refractivity contribution in [1.29, 1.82) is 0 Å². The second-order valence-corrected chi connectivity index (χ2v) is 5.94. The van der Waals surface area contributed by atoms with Crippen molar-refractivity contribution in [1.82, 2.24) is 0 Å². The third-order valence-corrected chi connectivity index (χ3v) is 3.91. The van der Waals surface area contributed by atoms with Crippen molar-refractivity contribution in [2.45, 2.75) is 13.8 Å². The Kier molecular flexibility index (Phi) is 5.10. The van der Waals surface area contributed by atoms with E-state index in [1.165, 1.54) is 5.56 Å². The fraction of sp³-hybridized carbons (Fsp3) is 0.0870. The van der Waals surface area contributed by atoms with Crippen LogP contribution in [0, 0.1) is 6.92 Å². The van der Waals surface area contributed by atoms with Crippen molar-refractivity contribution in [3.8, 4) is 11.5 Å². The molecule has 3 aromatic carbocycles. The first-order valence-electron chi connectivity index (χ1n) is 8.25. The lowest BCUT2D eigenvalue weighted by molar-refractivity contribution is 0.101. The number of carbonyl (C=O) groups is 1. The number of hydrogen-bond acceptors (Lipinski definition) is 2. The smallest absolute Gasteiger partial charge is 0.164 e. The first-order valence-corrected chi connectivity index (χ1v) is 8.25. The van der Waals surface area contributed by atoms with E-state index in [9.17, 15) is 4.79 Å². The lowest BCUT2D eigenvalue weighted by Crippen LogP contribution is -2.00. The minimum absolute atomic E-state index is 0.0181. The van der Waals surface area contributed by atoms with Gasteiger partial charge in [0.1, 0.15) is 11.5 Å². The van der Waals surface area contributed by atoms with Crippen molar-refractivity contribution in [3.63, 3.8) is 0 Å².